The number of hydrogen-bond donors (Lipinski definition) is 2. The highest BCUT2D eigenvalue weighted by atomic mass is 16.4. The van der Waals surface area contributed by atoms with E-state index in [4.69, 9.17) is 0 Å². The van der Waals surface area contributed by atoms with E-state index in [1.165, 1.54) is 38.2 Å². The van der Waals surface area contributed by atoms with Gasteiger partial charge >= 0.3 is 11.9 Å². The number of carbonyl (C=O) groups is 2. The van der Waals surface area contributed by atoms with Crippen molar-refractivity contribution in [3.05, 3.63) is 34.4 Å². The molecule has 0 heterocycles. The van der Waals surface area contributed by atoms with E-state index in [1.54, 1.807) is 0 Å². The van der Waals surface area contributed by atoms with Crippen molar-refractivity contribution in [3.8, 4) is 0 Å². The summed E-state index contributed by atoms with van der Waals surface area (Å²) >= 11 is 0. The summed E-state index contributed by atoms with van der Waals surface area (Å²) in [6.45, 7) is 8.92. The fourth-order valence-electron chi connectivity index (χ4n) is 3.86. The van der Waals surface area contributed by atoms with Gasteiger partial charge in [0.2, 0.25) is 0 Å². The number of unbranched alkanes of at least 4 members (excludes halogenated alkanes) is 7. The second-order valence-electron chi connectivity index (χ2n) is 9.38. The van der Waals surface area contributed by atoms with Gasteiger partial charge in [-0.2, -0.15) is 0 Å². The monoisotopic (exact) mass is 404 g/mol. The molecule has 4 nitrogen and oxygen atoms in total. The van der Waals surface area contributed by atoms with E-state index < -0.39 is 11.9 Å². The molecule has 0 aliphatic rings. The normalized spacial score (nSPS) is 11.6. The largest absolute Gasteiger partial charge is 0.478 e. The van der Waals surface area contributed by atoms with Crippen molar-refractivity contribution in [1.82, 2.24) is 0 Å². The van der Waals surface area contributed by atoms with Crippen LogP contribution in [-0.4, -0.2) is 22.2 Å². The van der Waals surface area contributed by atoms with Gasteiger partial charge in [0.15, 0.2) is 0 Å². The number of benzene rings is 1. The molecule has 0 amide bonds. The van der Waals surface area contributed by atoms with Crippen molar-refractivity contribution in [3.63, 3.8) is 0 Å². The van der Waals surface area contributed by atoms with Crippen LogP contribution >= 0.6 is 0 Å². The van der Waals surface area contributed by atoms with E-state index >= 15 is 0 Å². The van der Waals surface area contributed by atoms with Gasteiger partial charge in [0, 0.05) is 0 Å². The van der Waals surface area contributed by atoms with Crippen LogP contribution in [-0.2, 0) is 12.8 Å². The van der Waals surface area contributed by atoms with Crippen LogP contribution < -0.4 is 0 Å². The van der Waals surface area contributed by atoms with Gasteiger partial charge < -0.3 is 10.2 Å². The summed E-state index contributed by atoms with van der Waals surface area (Å²) in [5.74, 6) is -2.29. The summed E-state index contributed by atoms with van der Waals surface area (Å²) in [5, 5.41) is 19.2. The first kappa shape index (κ1) is 25.2. The van der Waals surface area contributed by atoms with Crippen molar-refractivity contribution >= 4 is 11.9 Å². The minimum Gasteiger partial charge on any atom is -0.478 e. The minimum absolute atomic E-state index is 0.00162. The third-order valence-electron chi connectivity index (χ3n) is 5.51. The summed E-state index contributed by atoms with van der Waals surface area (Å²) in [6.07, 6.45) is 12.7. The number of carboxylic acids is 2. The van der Waals surface area contributed by atoms with Crippen LogP contribution in [0.3, 0.4) is 0 Å². The number of aromatic carboxylic acids is 2. The van der Waals surface area contributed by atoms with Gasteiger partial charge in [-0.1, -0.05) is 78.7 Å². The number of carboxylic acid groups (broad SMARTS) is 2. The molecule has 1 aromatic rings. The lowest BCUT2D eigenvalue weighted by Crippen LogP contribution is -2.14. The quantitative estimate of drug-likeness (QED) is 0.323. The molecule has 0 aromatic heterocycles. The molecule has 164 valence electrons. The summed E-state index contributed by atoms with van der Waals surface area (Å²) in [5.41, 5.74) is 2.01. The zero-order valence-electron chi connectivity index (χ0n) is 18.9. The third-order valence-corrected chi connectivity index (χ3v) is 5.51. The van der Waals surface area contributed by atoms with Crippen LogP contribution in [0.5, 0.6) is 0 Å². The highest BCUT2D eigenvalue weighted by Gasteiger charge is 2.22. The predicted octanol–water partition coefficient (Wildman–Crippen LogP) is 7.14. The fourth-order valence-corrected chi connectivity index (χ4v) is 3.86. The Morgan fingerprint density at radius 2 is 1.38 bits per heavy atom. The standard InChI is InChI=1S/C25H40O4/c1-5-6-7-8-11-14-19-16-17-21(23(26)27)22(24(28)29)20(19)15-12-9-10-13-18-25(2,3)4/h16-17H,5-15,18H2,1-4H3,(H,26,27)(H,28,29). The summed E-state index contributed by atoms with van der Waals surface area (Å²) in [4.78, 5) is 23.5. The number of rotatable bonds is 14. The van der Waals surface area contributed by atoms with Crippen LogP contribution in [0.25, 0.3) is 0 Å². The molecule has 4 heteroatoms. The van der Waals surface area contributed by atoms with Gasteiger partial charge in [0.05, 0.1) is 11.1 Å². The molecule has 29 heavy (non-hydrogen) atoms. The molecule has 0 fully saturated rings. The zero-order chi connectivity index (χ0) is 21.9. The van der Waals surface area contributed by atoms with Gasteiger partial charge in [-0.3, -0.25) is 0 Å². The Labute approximate surface area is 176 Å². The number of aryl methyl sites for hydroxylation is 1. The Kier molecular flexibility index (Phi) is 11.0. The molecule has 0 aliphatic heterocycles. The Hall–Kier alpha value is -1.84. The van der Waals surface area contributed by atoms with E-state index in [2.05, 4.69) is 27.7 Å². The Morgan fingerprint density at radius 1 is 0.793 bits per heavy atom. The average molecular weight is 405 g/mol. The summed E-state index contributed by atoms with van der Waals surface area (Å²) in [7, 11) is 0. The van der Waals surface area contributed by atoms with E-state index in [1.807, 2.05) is 6.07 Å². The molecule has 0 radical (unpaired) electrons. The molecule has 0 saturated carbocycles. The lowest BCUT2D eigenvalue weighted by molar-refractivity contribution is 0.0650. The van der Waals surface area contributed by atoms with E-state index in [0.717, 1.165) is 49.7 Å². The molecule has 0 spiro atoms. The molecule has 0 bridgehead atoms. The minimum atomic E-state index is -1.16. The average Bonchev–Trinajstić information content (AvgIpc) is 2.63. The Bertz CT molecular complexity index is 656. The molecule has 0 unspecified atom stereocenters. The lowest BCUT2D eigenvalue weighted by Gasteiger charge is -2.18. The van der Waals surface area contributed by atoms with Gasteiger partial charge in [-0.15, -0.1) is 0 Å². The lowest BCUT2D eigenvalue weighted by atomic mass is 9.88. The topological polar surface area (TPSA) is 74.6 Å². The smallest absolute Gasteiger partial charge is 0.336 e. The van der Waals surface area contributed by atoms with Crippen molar-refractivity contribution in [2.24, 2.45) is 5.41 Å². The number of hydrogen-bond acceptors (Lipinski definition) is 2. The summed E-state index contributed by atoms with van der Waals surface area (Å²) in [6, 6.07) is 3.31. The van der Waals surface area contributed by atoms with Crippen LogP contribution in [0.4, 0.5) is 0 Å². The van der Waals surface area contributed by atoms with Crippen LogP contribution in [0, 0.1) is 5.41 Å². The third kappa shape index (κ3) is 9.47. The highest BCUT2D eigenvalue weighted by Crippen LogP contribution is 2.26. The molecule has 0 aliphatic carbocycles. The predicted molar refractivity (Wildman–Crippen MR) is 119 cm³/mol. The first-order chi connectivity index (χ1) is 13.7. The van der Waals surface area contributed by atoms with Crippen molar-refractivity contribution in [1.29, 1.82) is 0 Å². The van der Waals surface area contributed by atoms with Crippen molar-refractivity contribution in [2.75, 3.05) is 0 Å². The Morgan fingerprint density at radius 3 is 1.93 bits per heavy atom. The molecular formula is C25H40O4. The molecule has 0 saturated heterocycles. The molecule has 1 rings (SSSR count). The van der Waals surface area contributed by atoms with Crippen LogP contribution in [0.1, 0.15) is 124 Å². The first-order valence-corrected chi connectivity index (χ1v) is 11.3. The van der Waals surface area contributed by atoms with E-state index in [0.29, 0.717) is 11.8 Å². The molecule has 2 N–H and O–H groups in total. The maximum Gasteiger partial charge on any atom is 0.336 e. The van der Waals surface area contributed by atoms with Gasteiger partial charge in [-0.25, -0.2) is 9.59 Å². The highest BCUT2D eigenvalue weighted by molar-refractivity contribution is 6.03. The van der Waals surface area contributed by atoms with Crippen LogP contribution in [0.15, 0.2) is 12.1 Å². The van der Waals surface area contributed by atoms with E-state index in [-0.39, 0.29) is 11.1 Å². The zero-order valence-corrected chi connectivity index (χ0v) is 18.9. The first-order valence-electron chi connectivity index (χ1n) is 11.3. The van der Waals surface area contributed by atoms with Gasteiger partial charge in [-0.05, 0) is 54.7 Å². The van der Waals surface area contributed by atoms with Crippen molar-refractivity contribution < 1.29 is 19.8 Å². The van der Waals surface area contributed by atoms with Gasteiger partial charge in [0.1, 0.15) is 0 Å². The second kappa shape index (κ2) is 12.7. The molecule has 0 atom stereocenters. The SMILES string of the molecule is CCCCCCCc1ccc(C(=O)O)c(C(=O)O)c1CCCCCCC(C)(C)C. The fraction of sp³-hybridized carbons (Fsp3) is 0.680. The summed E-state index contributed by atoms with van der Waals surface area (Å²) < 4.78 is 0. The maximum absolute atomic E-state index is 11.9. The second-order valence-corrected chi connectivity index (χ2v) is 9.38. The van der Waals surface area contributed by atoms with Gasteiger partial charge in [0.25, 0.3) is 0 Å². The molecule has 1 aromatic carbocycles. The van der Waals surface area contributed by atoms with E-state index in [9.17, 15) is 19.8 Å². The maximum atomic E-state index is 11.9. The van der Waals surface area contributed by atoms with Crippen LogP contribution in [0.2, 0.25) is 0 Å². The Balaban J connectivity index is 2.86. The molecular weight excluding hydrogens is 364 g/mol. The van der Waals surface area contributed by atoms with Crippen molar-refractivity contribution in [2.45, 2.75) is 105 Å².